The van der Waals surface area contributed by atoms with Gasteiger partial charge in [0, 0.05) is 18.6 Å². The van der Waals surface area contributed by atoms with Crippen molar-refractivity contribution in [3.63, 3.8) is 0 Å². The van der Waals surface area contributed by atoms with E-state index in [9.17, 15) is 13.2 Å². The molecule has 0 radical (unpaired) electrons. The smallest absolute Gasteiger partial charge is 0.313 e. The van der Waals surface area contributed by atoms with Gasteiger partial charge in [-0.25, -0.2) is 0 Å². The van der Waals surface area contributed by atoms with E-state index in [4.69, 9.17) is 0 Å². The van der Waals surface area contributed by atoms with Crippen LogP contribution < -0.4 is 5.32 Å². The first-order valence-electron chi connectivity index (χ1n) is 6.98. The van der Waals surface area contributed by atoms with E-state index in [0.29, 0.717) is 0 Å². The van der Waals surface area contributed by atoms with Crippen molar-refractivity contribution in [2.24, 2.45) is 0 Å². The second-order valence-electron chi connectivity index (χ2n) is 5.21. The summed E-state index contributed by atoms with van der Waals surface area (Å²) in [6.45, 7) is 6.07. The molecule has 2 nitrogen and oxygen atoms in total. The Morgan fingerprint density at radius 2 is 2.06 bits per heavy atom. The van der Waals surface area contributed by atoms with E-state index in [2.05, 4.69) is 19.2 Å². The Labute approximate surface area is 108 Å². The van der Waals surface area contributed by atoms with Crippen molar-refractivity contribution in [2.45, 2.75) is 64.2 Å². The number of alkyl halides is 3. The highest BCUT2D eigenvalue weighted by atomic mass is 19.4. The quantitative estimate of drug-likeness (QED) is 0.794. The Balaban J connectivity index is 2.45. The standard InChI is InChI=1S/C13H25F3N2/c1-3-8-17-11(2)12-6-4-5-9-18(12)10-7-13(14,15)16/h11-12,17H,3-10H2,1-2H3. The summed E-state index contributed by atoms with van der Waals surface area (Å²) in [6.07, 6.45) is -0.512. The molecule has 0 bridgehead atoms. The summed E-state index contributed by atoms with van der Waals surface area (Å²) in [5.74, 6) is 0. The molecule has 0 aromatic carbocycles. The van der Waals surface area contributed by atoms with Crippen LogP contribution >= 0.6 is 0 Å². The van der Waals surface area contributed by atoms with Gasteiger partial charge in [-0.15, -0.1) is 0 Å². The lowest BCUT2D eigenvalue weighted by atomic mass is 9.96. The van der Waals surface area contributed by atoms with E-state index in [1.54, 1.807) is 0 Å². The number of nitrogens with zero attached hydrogens (tertiary/aromatic N) is 1. The highest BCUT2D eigenvalue weighted by molar-refractivity contribution is 4.85. The van der Waals surface area contributed by atoms with Gasteiger partial charge in [-0.2, -0.15) is 13.2 Å². The fourth-order valence-corrected chi connectivity index (χ4v) is 2.64. The minimum atomic E-state index is -4.04. The Morgan fingerprint density at radius 3 is 2.67 bits per heavy atom. The monoisotopic (exact) mass is 266 g/mol. The molecule has 1 N–H and O–H groups in total. The van der Waals surface area contributed by atoms with Gasteiger partial charge in [-0.1, -0.05) is 13.3 Å². The topological polar surface area (TPSA) is 15.3 Å². The maximum absolute atomic E-state index is 12.3. The molecule has 1 aliphatic heterocycles. The van der Waals surface area contributed by atoms with Crippen LogP contribution in [-0.4, -0.2) is 42.8 Å². The first-order chi connectivity index (χ1) is 8.44. The van der Waals surface area contributed by atoms with Crippen LogP contribution in [0.2, 0.25) is 0 Å². The Hall–Kier alpha value is -0.290. The van der Waals surface area contributed by atoms with E-state index >= 15 is 0 Å². The summed E-state index contributed by atoms with van der Waals surface area (Å²) in [6, 6.07) is 0.533. The Morgan fingerprint density at radius 1 is 1.33 bits per heavy atom. The highest BCUT2D eigenvalue weighted by Crippen LogP contribution is 2.24. The number of likely N-dealkylation sites (tertiary alicyclic amines) is 1. The third-order valence-electron chi connectivity index (χ3n) is 3.64. The molecule has 1 heterocycles. The van der Waals surface area contributed by atoms with Crippen molar-refractivity contribution < 1.29 is 13.2 Å². The first kappa shape index (κ1) is 15.8. The average Bonchev–Trinajstić information content (AvgIpc) is 2.33. The molecule has 2 atom stereocenters. The zero-order valence-corrected chi connectivity index (χ0v) is 11.4. The van der Waals surface area contributed by atoms with E-state index in [1.807, 2.05) is 4.90 Å². The molecule has 1 aliphatic rings. The van der Waals surface area contributed by atoms with Crippen LogP contribution in [-0.2, 0) is 0 Å². The van der Waals surface area contributed by atoms with Crippen LogP contribution in [0.25, 0.3) is 0 Å². The van der Waals surface area contributed by atoms with Gasteiger partial charge in [0.1, 0.15) is 0 Å². The van der Waals surface area contributed by atoms with E-state index in [1.165, 1.54) is 0 Å². The van der Waals surface area contributed by atoms with Crippen molar-refractivity contribution in [3.05, 3.63) is 0 Å². The number of rotatable bonds is 6. The molecule has 5 heteroatoms. The van der Waals surface area contributed by atoms with E-state index < -0.39 is 12.6 Å². The Bertz CT molecular complexity index is 231. The van der Waals surface area contributed by atoms with Crippen LogP contribution in [0.3, 0.4) is 0 Å². The van der Waals surface area contributed by atoms with Gasteiger partial charge in [-0.05, 0) is 39.3 Å². The number of piperidine rings is 1. The number of halogens is 3. The fourth-order valence-electron chi connectivity index (χ4n) is 2.64. The summed E-state index contributed by atoms with van der Waals surface area (Å²) in [4.78, 5) is 2.02. The van der Waals surface area contributed by atoms with Gasteiger partial charge < -0.3 is 5.32 Å². The molecule has 0 aromatic rings. The maximum atomic E-state index is 12.3. The molecule has 18 heavy (non-hydrogen) atoms. The van der Waals surface area contributed by atoms with Gasteiger partial charge in [0.2, 0.25) is 0 Å². The second-order valence-corrected chi connectivity index (χ2v) is 5.21. The van der Waals surface area contributed by atoms with Gasteiger partial charge in [0.15, 0.2) is 0 Å². The van der Waals surface area contributed by atoms with Gasteiger partial charge in [0.05, 0.1) is 6.42 Å². The van der Waals surface area contributed by atoms with Crippen LogP contribution in [0.15, 0.2) is 0 Å². The molecular weight excluding hydrogens is 241 g/mol. The summed E-state index contributed by atoms with van der Waals surface area (Å²) in [5.41, 5.74) is 0. The molecule has 108 valence electrons. The lowest BCUT2D eigenvalue weighted by molar-refractivity contribution is -0.140. The van der Waals surface area contributed by atoms with Crippen LogP contribution in [0, 0.1) is 0 Å². The fraction of sp³-hybridized carbons (Fsp3) is 1.00. The largest absolute Gasteiger partial charge is 0.390 e. The predicted octanol–water partition coefficient (Wildman–Crippen LogP) is 3.18. The second kappa shape index (κ2) is 7.34. The highest BCUT2D eigenvalue weighted by Gasteiger charge is 2.32. The van der Waals surface area contributed by atoms with Crippen molar-refractivity contribution in [2.75, 3.05) is 19.6 Å². The summed E-state index contributed by atoms with van der Waals surface area (Å²) in [7, 11) is 0. The van der Waals surface area contributed by atoms with Gasteiger partial charge in [-0.3, -0.25) is 4.90 Å². The molecule has 1 saturated heterocycles. The molecule has 0 saturated carbocycles. The van der Waals surface area contributed by atoms with Crippen molar-refractivity contribution in [3.8, 4) is 0 Å². The van der Waals surface area contributed by atoms with Crippen LogP contribution in [0.4, 0.5) is 13.2 Å². The van der Waals surface area contributed by atoms with Crippen LogP contribution in [0.1, 0.15) is 46.0 Å². The Kier molecular flexibility index (Phi) is 6.43. The third kappa shape index (κ3) is 5.57. The molecule has 1 rings (SSSR count). The molecule has 0 spiro atoms. The minimum Gasteiger partial charge on any atom is -0.313 e. The molecule has 0 aliphatic carbocycles. The molecule has 0 amide bonds. The maximum Gasteiger partial charge on any atom is 0.390 e. The lowest BCUT2D eigenvalue weighted by Crippen LogP contribution is -2.51. The molecule has 0 aromatic heterocycles. The van der Waals surface area contributed by atoms with Crippen LogP contribution in [0.5, 0.6) is 0 Å². The zero-order valence-electron chi connectivity index (χ0n) is 11.4. The van der Waals surface area contributed by atoms with Gasteiger partial charge >= 0.3 is 6.18 Å². The third-order valence-corrected chi connectivity index (χ3v) is 3.64. The minimum absolute atomic E-state index is 0.145. The first-order valence-corrected chi connectivity index (χ1v) is 6.98. The summed E-state index contributed by atoms with van der Waals surface area (Å²) < 4.78 is 36.9. The van der Waals surface area contributed by atoms with Gasteiger partial charge in [0.25, 0.3) is 0 Å². The normalized spacial score (nSPS) is 24.2. The number of hydrogen-bond acceptors (Lipinski definition) is 2. The number of nitrogens with one attached hydrogen (secondary N) is 1. The van der Waals surface area contributed by atoms with Crippen molar-refractivity contribution in [1.29, 1.82) is 0 Å². The van der Waals surface area contributed by atoms with Crippen molar-refractivity contribution in [1.82, 2.24) is 10.2 Å². The number of hydrogen-bond donors (Lipinski definition) is 1. The lowest BCUT2D eigenvalue weighted by Gasteiger charge is -2.39. The summed E-state index contributed by atoms with van der Waals surface area (Å²) >= 11 is 0. The van der Waals surface area contributed by atoms with E-state index in [0.717, 1.165) is 38.8 Å². The SMILES string of the molecule is CCCNC(C)C1CCCCN1CCC(F)(F)F. The zero-order chi connectivity index (χ0) is 13.6. The molecule has 2 unspecified atom stereocenters. The summed E-state index contributed by atoms with van der Waals surface area (Å²) in [5, 5.41) is 3.41. The molecule has 1 fully saturated rings. The van der Waals surface area contributed by atoms with E-state index in [-0.39, 0.29) is 18.6 Å². The van der Waals surface area contributed by atoms with Crippen molar-refractivity contribution >= 4 is 0 Å². The predicted molar refractivity (Wildman–Crippen MR) is 67.6 cm³/mol. The molecular formula is C13H25F3N2. The average molecular weight is 266 g/mol.